The van der Waals surface area contributed by atoms with Gasteiger partial charge in [-0.3, -0.25) is 20.1 Å². The van der Waals surface area contributed by atoms with Gasteiger partial charge in [0.05, 0.1) is 17.4 Å². The molecule has 0 spiro atoms. The van der Waals surface area contributed by atoms with E-state index in [0.29, 0.717) is 29.2 Å². The molecule has 27 heavy (non-hydrogen) atoms. The number of carbonyl (C=O) groups excluding carboxylic acids is 2. The van der Waals surface area contributed by atoms with E-state index in [1.54, 1.807) is 49.1 Å². The van der Waals surface area contributed by atoms with Crippen LogP contribution in [0.5, 0.6) is 0 Å². The van der Waals surface area contributed by atoms with Gasteiger partial charge in [0.2, 0.25) is 0 Å². The molecule has 0 aliphatic carbocycles. The topological polar surface area (TPSA) is 109 Å². The van der Waals surface area contributed by atoms with Crippen LogP contribution in [0, 0.1) is 0 Å². The van der Waals surface area contributed by atoms with E-state index in [1.807, 2.05) is 13.0 Å². The third kappa shape index (κ3) is 4.63. The van der Waals surface area contributed by atoms with Crippen LogP contribution in [0.4, 0.5) is 16.3 Å². The first-order valence-electron chi connectivity index (χ1n) is 8.34. The zero-order valence-electron chi connectivity index (χ0n) is 14.6. The quantitative estimate of drug-likeness (QED) is 0.646. The fourth-order valence-corrected chi connectivity index (χ4v) is 2.42. The number of pyridine rings is 3. The maximum Gasteiger partial charge on any atom is 0.320 e. The number of nitrogens with one attached hydrogen (secondary N) is 3. The van der Waals surface area contributed by atoms with Gasteiger partial charge in [0.15, 0.2) is 0 Å². The lowest BCUT2D eigenvalue weighted by molar-refractivity contribution is 0.102. The standard InChI is InChI=1S/C19H18N6O2/c1-2-22-19(27)25-17-9-15(13-5-3-7-20-10-13)16(12-23-17)18(26)24-14-6-4-8-21-11-14/h3-12H,2H2,1H3,(H,24,26)(H2,22,23,25,27). The number of anilines is 2. The molecule has 8 nitrogen and oxygen atoms in total. The molecule has 0 bridgehead atoms. The molecule has 3 amide bonds. The molecular weight excluding hydrogens is 344 g/mol. The summed E-state index contributed by atoms with van der Waals surface area (Å²) in [6.45, 7) is 2.31. The van der Waals surface area contributed by atoms with Crippen molar-refractivity contribution in [2.75, 3.05) is 17.2 Å². The zero-order chi connectivity index (χ0) is 19.1. The van der Waals surface area contributed by atoms with Gasteiger partial charge >= 0.3 is 6.03 Å². The predicted octanol–water partition coefficient (Wildman–Crippen LogP) is 2.93. The molecule has 3 aromatic rings. The van der Waals surface area contributed by atoms with Gasteiger partial charge in [-0.15, -0.1) is 0 Å². The minimum Gasteiger partial charge on any atom is -0.338 e. The molecule has 0 saturated heterocycles. The molecule has 3 N–H and O–H groups in total. The lowest BCUT2D eigenvalue weighted by Crippen LogP contribution is -2.28. The highest BCUT2D eigenvalue weighted by Crippen LogP contribution is 2.26. The molecule has 0 aliphatic heterocycles. The zero-order valence-corrected chi connectivity index (χ0v) is 14.6. The van der Waals surface area contributed by atoms with Crippen molar-refractivity contribution in [2.24, 2.45) is 0 Å². The Morgan fingerprint density at radius 2 is 1.78 bits per heavy atom. The minimum absolute atomic E-state index is 0.331. The molecule has 3 rings (SSSR count). The maximum atomic E-state index is 12.7. The molecule has 3 aromatic heterocycles. The van der Waals surface area contributed by atoms with Gasteiger partial charge in [0.1, 0.15) is 5.82 Å². The highest BCUT2D eigenvalue weighted by atomic mass is 16.2. The van der Waals surface area contributed by atoms with E-state index >= 15 is 0 Å². The van der Waals surface area contributed by atoms with E-state index < -0.39 is 0 Å². The monoisotopic (exact) mass is 362 g/mol. The summed E-state index contributed by atoms with van der Waals surface area (Å²) in [7, 11) is 0. The Labute approximate surface area is 156 Å². The maximum absolute atomic E-state index is 12.7. The average molecular weight is 362 g/mol. The number of amides is 3. The Balaban J connectivity index is 1.95. The van der Waals surface area contributed by atoms with Crippen molar-refractivity contribution < 1.29 is 9.59 Å². The van der Waals surface area contributed by atoms with E-state index in [4.69, 9.17) is 0 Å². The van der Waals surface area contributed by atoms with Crippen molar-refractivity contribution in [3.63, 3.8) is 0 Å². The van der Waals surface area contributed by atoms with Crippen molar-refractivity contribution >= 4 is 23.4 Å². The van der Waals surface area contributed by atoms with Crippen LogP contribution in [-0.2, 0) is 0 Å². The summed E-state index contributed by atoms with van der Waals surface area (Å²) >= 11 is 0. The second kappa shape index (κ2) is 8.52. The van der Waals surface area contributed by atoms with Crippen LogP contribution in [0.15, 0.2) is 61.3 Å². The van der Waals surface area contributed by atoms with Crippen LogP contribution in [0.1, 0.15) is 17.3 Å². The fourth-order valence-electron chi connectivity index (χ4n) is 2.42. The number of aromatic nitrogens is 3. The number of hydrogen-bond acceptors (Lipinski definition) is 5. The van der Waals surface area contributed by atoms with Gasteiger partial charge in [-0.05, 0) is 31.2 Å². The number of nitrogens with zero attached hydrogens (tertiary/aromatic N) is 3. The Morgan fingerprint density at radius 3 is 2.44 bits per heavy atom. The normalized spacial score (nSPS) is 10.1. The van der Waals surface area contributed by atoms with Gasteiger partial charge in [0, 0.05) is 42.5 Å². The SMILES string of the molecule is CCNC(=O)Nc1cc(-c2cccnc2)c(C(=O)Nc2cccnc2)cn1. The molecule has 8 heteroatoms. The van der Waals surface area contributed by atoms with Crippen molar-refractivity contribution in [3.05, 3.63) is 66.9 Å². The van der Waals surface area contributed by atoms with Crippen LogP contribution in [-0.4, -0.2) is 33.4 Å². The van der Waals surface area contributed by atoms with E-state index in [0.717, 1.165) is 5.56 Å². The van der Waals surface area contributed by atoms with E-state index in [2.05, 4.69) is 30.9 Å². The number of carbonyl (C=O) groups is 2. The first kappa shape index (κ1) is 18.0. The first-order valence-corrected chi connectivity index (χ1v) is 8.34. The predicted molar refractivity (Wildman–Crippen MR) is 102 cm³/mol. The Hall–Kier alpha value is -3.81. The smallest absolute Gasteiger partial charge is 0.320 e. The van der Waals surface area contributed by atoms with Crippen LogP contribution >= 0.6 is 0 Å². The Morgan fingerprint density at radius 1 is 1.00 bits per heavy atom. The Kier molecular flexibility index (Phi) is 5.68. The van der Waals surface area contributed by atoms with Crippen molar-refractivity contribution in [1.29, 1.82) is 0 Å². The molecule has 0 saturated carbocycles. The highest BCUT2D eigenvalue weighted by Gasteiger charge is 2.16. The molecule has 0 aromatic carbocycles. The minimum atomic E-state index is -0.366. The van der Waals surface area contributed by atoms with Gasteiger partial charge < -0.3 is 10.6 Å². The van der Waals surface area contributed by atoms with Gasteiger partial charge in [-0.2, -0.15) is 0 Å². The lowest BCUT2D eigenvalue weighted by Gasteiger charge is -2.12. The van der Waals surface area contributed by atoms with Crippen LogP contribution in [0.3, 0.4) is 0 Å². The Bertz CT molecular complexity index is 931. The molecular formula is C19H18N6O2. The fraction of sp³-hybridized carbons (Fsp3) is 0.105. The second-order valence-electron chi connectivity index (χ2n) is 5.54. The third-order valence-electron chi connectivity index (χ3n) is 3.62. The second-order valence-corrected chi connectivity index (χ2v) is 5.54. The highest BCUT2D eigenvalue weighted by molar-refractivity contribution is 6.08. The summed E-state index contributed by atoms with van der Waals surface area (Å²) < 4.78 is 0. The third-order valence-corrected chi connectivity index (χ3v) is 3.62. The number of rotatable bonds is 5. The summed E-state index contributed by atoms with van der Waals surface area (Å²) in [6, 6.07) is 8.36. The van der Waals surface area contributed by atoms with E-state index in [9.17, 15) is 9.59 Å². The average Bonchev–Trinajstić information content (AvgIpc) is 2.69. The summed E-state index contributed by atoms with van der Waals surface area (Å²) in [5.41, 5.74) is 2.26. The summed E-state index contributed by atoms with van der Waals surface area (Å²) in [4.78, 5) is 36.8. The van der Waals surface area contributed by atoms with Crippen molar-refractivity contribution in [1.82, 2.24) is 20.3 Å². The molecule has 3 heterocycles. The van der Waals surface area contributed by atoms with Gasteiger partial charge in [-0.25, -0.2) is 9.78 Å². The van der Waals surface area contributed by atoms with E-state index in [1.165, 1.54) is 6.20 Å². The van der Waals surface area contributed by atoms with Crippen molar-refractivity contribution in [2.45, 2.75) is 6.92 Å². The molecule has 0 atom stereocenters. The number of urea groups is 1. The summed E-state index contributed by atoms with van der Waals surface area (Å²) in [6.07, 6.45) is 7.90. The largest absolute Gasteiger partial charge is 0.338 e. The van der Waals surface area contributed by atoms with Crippen LogP contribution in [0.25, 0.3) is 11.1 Å². The lowest BCUT2D eigenvalue weighted by atomic mass is 10.0. The van der Waals surface area contributed by atoms with Crippen LogP contribution in [0.2, 0.25) is 0 Å². The molecule has 0 unspecified atom stereocenters. The number of hydrogen-bond donors (Lipinski definition) is 3. The van der Waals surface area contributed by atoms with Crippen molar-refractivity contribution in [3.8, 4) is 11.1 Å². The molecule has 0 aliphatic rings. The summed E-state index contributed by atoms with van der Waals surface area (Å²) in [5.74, 6) is -0.00311. The first-order chi connectivity index (χ1) is 13.2. The van der Waals surface area contributed by atoms with Gasteiger partial charge in [0.25, 0.3) is 5.91 Å². The summed E-state index contributed by atoms with van der Waals surface area (Å²) in [5, 5.41) is 8.07. The van der Waals surface area contributed by atoms with Gasteiger partial charge in [-0.1, -0.05) is 6.07 Å². The van der Waals surface area contributed by atoms with E-state index in [-0.39, 0.29) is 11.9 Å². The van der Waals surface area contributed by atoms with Crippen LogP contribution < -0.4 is 16.0 Å². The molecule has 0 fully saturated rings. The molecule has 0 radical (unpaired) electrons. The molecule has 136 valence electrons.